The SMILES string of the molecule is CCC(C)c1cc(C)n2nc(-c3ccc(C)cc3C)n(C3CC3)c(=O)c12. The Labute approximate surface area is 154 Å². The third-order valence-corrected chi connectivity index (χ3v) is 5.71. The van der Waals surface area contributed by atoms with Crippen molar-refractivity contribution in [2.75, 3.05) is 0 Å². The Kier molecular flexibility index (Phi) is 4.02. The first kappa shape index (κ1) is 17.1. The van der Waals surface area contributed by atoms with Crippen LogP contribution in [-0.4, -0.2) is 14.2 Å². The molecule has 2 heterocycles. The second kappa shape index (κ2) is 6.11. The summed E-state index contributed by atoms with van der Waals surface area (Å²) in [5, 5.41) is 4.97. The number of benzene rings is 1. The summed E-state index contributed by atoms with van der Waals surface area (Å²) in [6.07, 6.45) is 3.14. The topological polar surface area (TPSA) is 39.3 Å². The monoisotopic (exact) mass is 349 g/mol. The van der Waals surface area contributed by atoms with Crippen molar-refractivity contribution in [1.29, 1.82) is 0 Å². The van der Waals surface area contributed by atoms with Gasteiger partial charge < -0.3 is 0 Å². The Hall–Kier alpha value is -2.36. The third-order valence-electron chi connectivity index (χ3n) is 5.71. The van der Waals surface area contributed by atoms with Crippen LogP contribution in [0.25, 0.3) is 16.9 Å². The van der Waals surface area contributed by atoms with Crippen LogP contribution in [0.15, 0.2) is 29.1 Å². The smallest absolute Gasteiger partial charge is 0.278 e. The Balaban J connectivity index is 2.07. The maximum Gasteiger partial charge on any atom is 0.278 e. The Morgan fingerprint density at radius 1 is 1.19 bits per heavy atom. The molecule has 4 nitrogen and oxygen atoms in total. The molecule has 0 aliphatic heterocycles. The van der Waals surface area contributed by atoms with Gasteiger partial charge in [-0.25, -0.2) is 4.52 Å². The molecule has 26 heavy (non-hydrogen) atoms. The second-order valence-corrected chi connectivity index (χ2v) is 7.86. The van der Waals surface area contributed by atoms with Crippen LogP contribution in [0.4, 0.5) is 0 Å². The van der Waals surface area contributed by atoms with Gasteiger partial charge in [-0.3, -0.25) is 9.36 Å². The summed E-state index contributed by atoms with van der Waals surface area (Å²) in [6.45, 7) is 10.6. The van der Waals surface area contributed by atoms with Gasteiger partial charge >= 0.3 is 0 Å². The van der Waals surface area contributed by atoms with E-state index in [9.17, 15) is 4.79 Å². The van der Waals surface area contributed by atoms with Crippen LogP contribution in [0.3, 0.4) is 0 Å². The summed E-state index contributed by atoms with van der Waals surface area (Å²) < 4.78 is 3.83. The first-order valence-electron chi connectivity index (χ1n) is 9.64. The molecule has 0 radical (unpaired) electrons. The fourth-order valence-corrected chi connectivity index (χ4v) is 3.86. The molecule has 4 heteroatoms. The van der Waals surface area contributed by atoms with Gasteiger partial charge in [0.25, 0.3) is 5.56 Å². The van der Waals surface area contributed by atoms with Gasteiger partial charge in [0.1, 0.15) is 5.52 Å². The highest BCUT2D eigenvalue weighted by Crippen LogP contribution is 2.38. The van der Waals surface area contributed by atoms with Gasteiger partial charge in [0.05, 0.1) is 0 Å². The van der Waals surface area contributed by atoms with Crippen LogP contribution < -0.4 is 5.56 Å². The van der Waals surface area contributed by atoms with Crippen LogP contribution >= 0.6 is 0 Å². The van der Waals surface area contributed by atoms with Crippen LogP contribution in [-0.2, 0) is 0 Å². The number of fused-ring (bicyclic) bond motifs is 1. The average Bonchev–Trinajstić information content (AvgIpc) is 3.38. The zero-order chi connectivity index (χ0) is 18.6. The molecule has 0 N–H and O–H groups in total. The molecule has 0 amide bonds. The lowest BCUT2D eigenvalue weighted by Gasteiger charge is -2.16. The lowest BCUT2D eigenvalue weighted by molar-refractivity contribution is 0.668. The highest BCUT2D eigenvalue weighted by molar-refractivity contribution is 5.64. The van der Waals surface area contributed by atoms with E-state index in [0.717, 1.165) is 53.0 Å². The van der Waals surface area contributed by atoms with E-state index in [1.165, 1.54) is 5.56 Å². The first-order valence-corrected chi connectivity index (χ1v) is 9.64. The normalized spacial score (nSPS) is 15.6. The van der Waals surface area contributed by atoms with Crippen molar-refractivity contribution in [3.05, 3.63) is 57.0 Å². The van der Waals surface area contributed by atoms with Crippen molar-refractivity contribution < 1.29 is 0 Å². The van der Waals surface area contributed by atoms with E-state index in [0.29, 0.717) is 5.92 Å². The molecule has 1 aliphatic rings. The van der Waals surface area contributed by atoms with Crippen molar-refractivity contribution >= 4 is 5.52 Å². The molecule has 1 atom stereocenters. The average molecular weight is 349 g/mol. The molecule has 2 aromatic heterocycles. The standard InChI is InChI=1S/C22H27N3O/c1-6-14(3)19-12-16(5)25-20(19)22(26)24(17-8-9-17)21(23-25)18-10-7-13(2)11-15(18)4/h7,10-12,14,17H,6,8-9H2,1-5H3. The van der Waals surface area contributed by atoms with Gasteiger partial charge in [-0.2, -0.15) is 0 Å². The second-order valence-electron chi connectivity index (χ2n) is 7.86. The quantitative estimate of drug-likeness (QED) is 0.669. The predicted molar refractivity (Wildman–Crippen MR) is 106 cm³/mol. The van der Waals surface area contributed by atoms with Gasteiger partial charge in [-0.1, -0.05) is 37.6 Å². The first-order chi connectivity index (χ1) is 12.4. The molecule has 1 aliphatic carbocycles. The summed E-state index contributed by atoms with van der Waals surface area (Å²) in [5.74, 6) is 1.16. The molecule has 0 bridgehead atoms. The molecule has 1 saturated carbocycles. The van der Waals surface area contributed by atoms with Crippen LogP contribution in [0.5, 0.6) is 0 Å². The van der Waals surface area contributed by atoms with E-state index in [1.807, 2.05) is 16.0 Å². The zero-order valence-corrected chi connectivity index (χ0v) is 16.3. The lowest BCUT2D eigenvalue weighted by Crippen LogP contribution is -2.26. The molecule has 3 aromatic rings. The molecule has 1 aromatic carbocycles. The number of aromatic nitrogens is 3. The van der Waals surface area contributed by atoms with Crippen molar-refractivity contribution in [3.63, 3.8) is 0 Å². The number of aryl methyl sites for hydroxylation is 3. The fourth-order valence-electron chi connectivity index (χ4n) is 3.86. The van der Waals surface area contributed by atoms with Gasteiger partial charge in [-0.15, -0.1) is 5.10 Å². The maximum atomic E-state index is 13.5. The van der Waals surface area contributed by atoms with Gasteiger partial charge in [0, 0.05) is 17.3 Å². The Morgan fingerprint density at radius 3 is 2.54 bits per heavy atom. The third kappa shape index (κ3) is 2.59. The van der Waals surface area contributed by atoms with Gasteiger partial charge in [0.15, 0.2) is 5.82 Å². The fraction of sp³-hybridized carbons (Fsp3) is 0.455. The van der Waals surface area contributed by atoms with Crippen LogP contribution in [0, 0.1) is 20.8 Å². The van der Waals surface area contributed by atoms with Crippen LogP contribution in [0.2, 0.25) is 0 Å². The summed E-state index contributed by atoms with van der Waals surface area (Å²) in [4.78, 5) is 13.5. The molecule has 4 rings (SSSR count). The molecular weight excluding hydrogens is 322 g/mol. The Morgan fingerprint density at radius 2 is 1.92 bits per heavy atom. The number of rotatable bonds is 4. The van der Waals surface area contributed by atoms with Crippen molar-refractivity contribution in [2.45, 2.75) is 65.8 Å². The number of hydrogen-bond acceptors (Lipinski definition) is 2. The zero-order valence-electron chi connectivity index (χ0n) is 16.3. The van der Waals surface area contributed by atoms with Crippen molar-refractivity contribution in [1.82, 2.24) is 14.2 Å². The van der Waals surface area contributed by atoms with E-state index in [4.69, 9.17) is 5.10 Å². The Bertz CT molecular complexity index is 1050. The van der Waals surface area contributed by atoms with Crippen molar-refractivity contribution in [2.24, 2.45) is 0 Å². The van der Waals surface area contributed by atoms with E-state index < -0.39 is 0 Å². The molecule has 1 fully saturated rings. The minimum atomic E-state index is 0.112. The summed E-state index contributed by atoms with van der Waals surface area (Å²) in [7, 11) is 0. The minimum Gasteiger partial charge on any atom is -0.286 e. The molecule has 0 saturated heterocycles. The predicted octanol–water partition coefficient (Wildman–Crippen LogP) is 4.94. The summed E-state index contributed by atoms with van der Waals surface area (Å²) in [5.41, 5.74) is 6.48. The highest BCUT2D eigenvalue weighted by Gasteiger charge is 2.31. The maximum absolute atomic E-state index is 13.5. The van der Waals surface area contributed by atoms with Crippen LogP contribution in [0.1, 0.15) is 67.5 Å². The molecule has 136 valence electrons. The summed E-state index contributed by atoms with van der Waals surface area (Å²) >= 11 is 0. The van der Waals surface area contributed by atoms with E-state index in [1.54, 1.807) is 0 Å². The number of nitrogens with zero attached hydrogens (tertiary/aromatic N) is 3. The highest BCUT2D eigenvalue weighted by atomic mass is 16.1. The molecule has 0 spiro atoms. The van der Waals surface area contributed by atoms with E-state index in [-0.39, 0.29) is 11.6 Å². The van der Waals surface area contributed by atoms with Gasteiger partial charge in [-0.05, 0) is 63.1 Å². The minimum absolute atomic E-state index is 0.112. The van der Waals surface area contributed by atoms with Gasteiger partial charge in [0.2, 0.25) is 0 Å². The van der Waals surface area contributed by atoms with E-state index >= 15 is 0 Å². The lowest BCUT2D eigenvalue weighted by atomic mass is 10.00. The summed E-state index contributed by atoms with van der Waals surface area (Å²) in [6, 6.07) is 8.79. The van der Waals surface area contributed by atoms with E-state index in [2.05, 4.69) is 52.0 Å². The molecular formula is C22H27N3O. The molecule has 1 unspecified atom stereocenters. The number of hydrogen-bond donors (Lipinski definition) is 0. The largest absolute Gasteiger partial charge is 0.286 e. The van der Waals surface area contributed by atoms with Crippen molar-refractivity contribution in [3.8, 4) is 11.4 Å².